The van der Waals surface area contributed by atoms with E-state index in [9.17, 15) is 9.00 Å². The van der Waals surface area contributed by atoms with Gasteiger partial charge in [-0.25, -0.2) is 4.79 Å². The van der Waals surface area contributed by atoms with E-state index in [-0.39, 0.29) is 5.25 Å². The van der Waals surface area contributed by atoms with Crippen LogP contribution < -0.4 is 5.32 Å². The summed E-state index contributed by atoms with van der Waals surface area (Å²) in [6, 6.07) is 5.00. The molecular weight excluding hydrogens is 346 g/mol. The molecule has 1 unspecified atom stereocenters. The average Bonchev–Trinajstić information content (AvgIpc) is 2.62. The van der Waals surface area contributed by atoms with Crippen LogP contribution in [0.4, 0.5) is 0 Å². The van der Waals surface area contributed by atoms with Crippen LogP contribution in [0.3, 0.4) is 0 Å². The summed E-state index contributed by atoms with van der Waals surface area (Å²) < 4.78 is 17.6. The molecule has 1 saturated heterocycles. The largest absolute Gasteiger partial charge is 0.465 e. The molecule has 0 bridgehead atoms. The number of nitrogens with one attached hydrogen (secondary N) is 1. The summed E-state index contributed by atoms with van der Waals surface area (Å²) in [7, 11) is 0.246. The summed E-state index contributed by atoms with van der Waals surface area (Å²) in [6.07, 6.45) is 6.82. The van der Waals surface area contributed by atoms with Crippen molar-refractivity contribution in [1.29, 1.82) is 0 Å². The highest BCUT2D eigenvalue weighted by molar-refractivity contribution is 7.85. The van der Waals surface area contributed by atoms with Crippen molar-refractivity contribution in [3.8, 4) is 0 Å². The third-order valence-corrected chi connectivity index (χ3v) is 7.65. The molecule has 1 spiro atoms. The van der Waals surface area contributed by atoms with Crippen molar-refractivity contribution in [1.82, 2.24) is 5.32 Å². The van der Waals surface area contributed by atoms with Gasteiger partial charge in [0, 0.05) is 10.1 Å². The van der Waals surface area contributed by atoms with Crippen LogP contribution in [0.2, 0.25) is 5.02 Å². The highest BCUT2D eigenvalue weighted by atomic mass is 35.5. The van der Waals surface area contributed by atoms with Gasteiger partial charge in [-0.1, -0.05) is 11.6 Å². The molecule has 1 heterocycles. The van der Waals surface area contributed by atoms with Gasteiger partial charge in [-0.15, -0.1) is 0 Å². The molecule has 0 aromatic heterocycles. The van der Waals surface area contributed by atoms with Gasteiger partial charge < -0.3 is 10.1 Å². The summed E-state index contributed by atoms with van der Waals surface area (Å²) in [5.74, 6) is -0.470. The molecule has 6 heteroatoms. The fourth-order valence-electron chi connectivity index (χ4n) is 3.96. The van der Waals surface area contributed by atoms with E-state index in [2.05, 4.69) is 5.32 Å². The molecule has 1 N–H and O–H groups in total. The molecule has 1 aromatic carbocycles. The van der Waals surface area contributed by atoms with Gasteiger partial charge in [-0.05, 0) is 75.2 Å². The second-order valence-electron chi connectivity index (χ2n) is 6.88. The van der Waals surface area contributed by atoms with E-state index < -0.39 is 16.8 Å². The molecule has 1 saturated carbocycles. The highest BCUT2D eigenvalue weighted by Crippen LogP contribution is 2.44. The number of halogens is 1. The predicted molar refractivity (Wildman–Crippen MR) is 96.0 cm³/mol. The predicted octanol–water partition coefficient (Wildman–Crippen LogP) is 3.55. The Morgan fingerprint density at radius 3 is 2.50 bits per heavy atom. The minimum atomic E-state index is -1.08. The average molecular weight is 370 g/mol. The first-order valence-electron chi connectivity index (χ1n) is 8.54. The van der Waals surface area contributed by atoms with Gasteiger partial charge in [0.1, 0.15) is 0 Å². The topological polar surface area (TPSA) is 55.4 Å². The molecule has 1 aliphatic heterocycles. The zero-order valence-electron chi connectivity index (χ0n) is 14.0. The fourth-order valence-corrected chi connectivity index (χ4v) is 5.77. The van der Waals surface area contributed by atoms with Gasteiger partial charge >= 0.3 is 5.97 Å². The van der Waals surface area contributed by atoms with E-state index in [1.54, 1.807) is 18.2 Å². The van der Waals surface area contributed by atoms with E-state index >= 15 is 0 Å². The monoisotopic (exact) mass is 369 g/mol. The van der Waals surface area contributed by atoms with Crippen LogP contribution in [0.1, 0.15) is 48.9 Å². The van der Waals surface area contributed by atoms with Gasteiger partial charge in [0.05, 0.1) is 28.5 Å². The maximum atomic E-state index is 12.9. The van der Waals surface area contributed by atoms with E-state index in [1.807, 2.05) is 0 Å². The number of benzene rings is 1. The van der Waals surface area contributed by atoms with Gasteiger partial charge in [0.25, 0.3) is 0 Å². The molecule has 1 atom stereocenters. The Hall–Kier alpha value is -0.910. The Balaban J connectivity index is 1.67. The van der Waals surface area contributed by atoms with Gasteiger partial charge in [0.15, 0.2) is 0 Å². The molecule has 132 valence electrons. The Labute approximate surface area is 150 Å². The lowest BCUT2D eigenvalue weighted by Crippen LogP contribution is -2.40. The van der Waals surface area contributed by atoms with E-state index in [1.165, 1.54) is 32.8 Å². The van der Waals surface area contributed by atoms with Gasteiger partial charge in [-0.3, -0.25) is 4.21 Å². The lowest BCUT2D eigenvalue weighted by atomic mass is 9.68. The van der Waals surface area contributed by atoms with Crippen LogP contribution in [0.15, 0.2) is 23.1 Å². The maximum absolute atomic E-state index is 12.9. The molecule has 0 amide bonds. The summed E-state index contributed by atoms with van der Waals surface area (Å²) in [5.41, 5.74) is 0.787. The third-order valence-electron chi connectivity index (χ3n) is 5.54. The molecule has 1 aromatic rings. The van der Waals surface area contributed by atoms with Crippen LogP contribution in [0.5, 0.6) is 0 Å². The Morgan fingerprint density at radius 2 is 1.92 bits per heavy atom. The number of ether oxygens (including phenoxy) is 1. The van der Waals surface area contributed by atoms with Crippen LogP contribution >= 0.6 is 11.6 Å². The van der Waals surface area contributed by atoms with E-state index in [4.69, 9.17) is 16.3 Å². The first-order valence-corrected chi connectivity index (χ1v) is 10.1. The molecule has 0 radical (unpaired) electrons. The SMILES string of the molecule is COC(=O)c1ccc(S(=O)C2CCC3(CCNCC3)CC2)cc1Cl. The minimum Gasteiger partial charge on any atom is -0.465 e. The lowest BCUT2D eigenvalue weighted by Gasteiger charge is -2.43. The molecule has 1 aliphatic carbocycles. The number of hydrogen-bond acceptors (Lipinski definition) is 4. The maximum Gasteiger partial charge on any atom is 0.339 e. The van der Waals surface area contributed by atoms with Crippen molar-refractivity contribution < 1.29 is 13.7 Å². The zero-order valence-corrected chi connectivity index (χ0v) is 15.5. The van der Waals surface area contributed by atoms with Gasteiger partial charge in [-0.2, -0.15) is 0 Å². The second-order valence-corrected chi connectivity index (χ2v) is 9.02. The van der Waals surface area contributed by atoms with Crippen molar-refractivity contribution >= 4 is 28.4 Å². The summed E-state index contributed by atoms with van der Waals surface area (Å²) in [5, 5.41) is 3.92. The number of carbonyl (C=O) groups is 1. The third kappa shape index (κ3) is 3.68. The number of esters is 1. The molecule has 2 fully saturated rings. The van der Waals surface area contributed by atoms with Crippen molar-refractivity contribution in [3.05, 3.63) is 28.8 Å². The number of rotatable bonds is 3. The molecule has 4 nitrogen and oxygen atoms in total. The Bertz CT molecular complexity index is 633. The van der Waals surface area contributed by atoms with Crippen LogP contribution in [-0.2, 0) is 15.5 Å². The van der Waals surface area contributed by atoms with E-state index in [0.717, 1.165) is 25.9 Å². The number of piperidine rings is 1. The number of hydrogen-bond donors (Lipinski definition) is 1. The summed E-state index contributed by atoms with van der Waals surface area (Å²) in [4.78, 5) is 12.3. The highest BCUT2D eigenvalue weighted by Gasteiger charge is 2.38. The normalized spacial score (nSPS) is 22.2. The Morgan fingerprint density at radius 1 is 1.25 bits per heavy atom. The first kappa shape index (κ1) is 17.9. The Kier molecular flexibility index (Phi) is 5.63. The lowest BCUT2D eigenvalue weighted by molar-refractivity contribution is 0.0601. The minimum absolute atomic E-state index is 0.186. The molecule has 24 heavy (non-hydrogen) atoms. The molecule has 3 rings (SSSR count). The number of methoxy groups -OCH3 is 1. The molecular formula is C18H24ClNO3S. The van der Waals surface area contributed by atoms with Crippen molar-refractivity contribution in [3.63, 3.8) is 0 Å². The summed E-state index contributed by atoms with van der Waals surface area (Å²) >= 11 is 6.16. The van der Waals surface area contributed by atoms with Gasteiger partial charge in [0.2, 0.25) is 0 Å². The first-order chi connectivity index (χ1) is 11.5. The summed E-state index contributed by atoms with van der Waals surface area (Å²) in [6.45, 7) is 2.22. The van der Waals surface area contributed by atoms with Crippen molar-refractivity contribution in [2.75, 3.05) is 20.2 Å². The smallest absolute Gasteiger partial charge is 0.339 e. The van der Waals surface area contributed by atoms with Crippen molar-refractivity contribution in [2.45, 2.75) is 48.7 Å². The zero-order chi connectivity index (χ0) is 17.2. The van der Waals surface area contributed by atoms with Crippen molar-refractivity contribution in [2.24, 2.45) is 5.41 Å². The quantitative estimate of drug-likeness (QED) is 0.828. The molecule has 2 aliphatic rings. The van der Waals surface area contributed by atoms with Crippen LogP contribution in [0.25, 0.3) is 0 Å². The van der Waals surface area contributed by atoms with Crippen LogP contribution in [-0.4, -0.2) is 35.6 Å². The second kappa shape index (κ2) is 7.54. The van der Waals surface area contributed by atoms with E-state index in [0.29, 0.717) is 20.9 Å². The number of carbonyl (C=O) groups excluding carboxylic acids is 1. The fraction of sp³-hybridized carbons (Fsp3) is 0.611. The standard InChI is InChI=1S/C18H24ClNO3S/c1-23-17(21)15-3-2-14(12-16(15)19)24(22)13-4-6-18(7-5-13)8-10-20-11-9-18/h2-3,12-13,20H,4-11H2,1H3. The van der Waals surface area contributed by atoms with Crippen LogP contribution in [0, 0.1) is 5.41 Å².